The van der Waals surface area contributed by atoms with Gasteiger partial charge in [-0.2, -0.15) is 0 Å². The van der Waals surface area contributed by atoms with Crippen LogP contribution in [-0.2, 0) is 20.7 Å². The van der Waals surface area contributed by atoms with Gasteiger partial charge in [-0.1, -0.05) is 30.4 Å². The summed E-state index contributed by atoms with van der Waals surface area (Å²) in [5.41, 5.74) is 0.979. The topological polar surface area (TPSA) is 55.8 Å². The molecule has 1 aromatic rings. The maximum Gasteiger partial charge on any atom is 0.313 e. The number of hydrogen-bond donors (Lipinski definition) is 0. The molecule has 0 aliphatic carbocycles. The van der Waals surface area contributed by atoms with Crippen molar-refractivity contribution in [3.05, 3.63) is 55.1 Å². The van der Waals surface area contributed by atoms with Crippen molar-refractivity contribution in [2.75, 3.05) is 26.3 Å². The van der Waals surface area contributed by atoms with E-state index in [4.69, 9.17) is 9.47 Å². The molecule has 122 valence electrons. The first-order valence-electron chi connectivity index (χ1n) is 7.52. The lowest BCUT2D eigenvalue weighted by molar-refractivity contribution is -0.156. The molecule has 0 saturated heterocycles. The van der Waals surface area contributed by atoms with E-state index in [0.29, 0.717) is 19.5 Å². The number of rotatable bonds is 7. The zero-order chi connectivity index (χ0) is 16.7. The molecule has 5 nitrogen and oxygen atoms in total. The Bertz CT molecular complexity index is 586. The molecule has 1 aliphatic rings. The standard InChI is InChI=1S/C18H21NO4/c1-3-9-19(10-4-2)17(20)13-23-18(21)15-11-14-7-5-6-8-16(14)22-12-15/h3-8,15H,1-2,9-13H2. The Hall–Kier alpha value is -2.56. The molecule has 1 aliphatic heterocycles. The summed E-state index contributed by atoms with van der Waals surface area (Å²) in [6, 6.07) is 7.60. The van der Waals surface area contributed by atoms with Gasteiger partial charge in [-0.05, 0) is 18.1 Å². The van der Waals surface area contributed by atoms with E-state index in [0.717, 1.165) is 11.3 Å². The molecule has 0 fully saturated rings. The van der Waals surface area contributed by atoms with Crippen LogP contribution in [0.15, 0.2) is 49.6 Å². The molecule has 0 aromatic heterocycles. The fourth-order valence-corrected chi connectivity index (χ4v) is 2.41. The highest BCUT2D eigenvalue weighted by Crippen LogP contribution is 2.27. The molecular formula is C18H21NO4. The SMILES string of the molecule is C=CCN(CC=C)C(=O)COC(=O)C1COc2ccccc2C1. The summed E-state index contributed by atoms with van der Waals surface area (Å²) in [6.07, 6.45) is 3.80. The fraction of sp³-hybridized carbons (Fsp3) is 0.333. The van der Waals surface area contributed by atoms with Crippen LogP contribution >= 0.6 is 0 Å². The number of para-hydroxylation sites is 1. The molecule has 1 unspecified atom stereocenters. The third-order valence-electron chi connectivity index (χ3n) is 3.60. The van der Waals surface area contributed by atoms with Gasteiger partial charge in [0.25, 0.3) is 5.91 Å². The first kappa shape index (κ1) is 16.8. The molecule has 0 radical (unpaired) electrons. The number of carbonyl (C=O) groups excluding carboxylic acids is 2. The van der Waals surface area contributed by atoms with Gasteiger partial charge in [0.15, 0.2) is 6.61 Å². The van der Waals surface area contributed by atoms with Crippen molar-refractivity contribution in [2.45, 2.75) is 6.42 Å². The number of hydrogen-bond acceptors (Lipinski definition) is 4. The zero-order valence-electron chi connectivity index (χ0n) is 13.1. The molecule has 1 amide bonds. The van der Waals surface area contributed by atoms with Crippen LogP contribution in [0.2, 0.25) is 0 Å². The van der Waals surface area contributed by atoms with E-state index < -0.39 is 5.97 Å². The average Bonchev–Trinajstić information content (AvgIpc) is 2.58. The van der Waals surface area contributed by atoms with E-state index in [1.807, 2.05) is 24.3 Å². The molecule has 1 atom stereocenters. The molecule has 1 heterocycles. The van der Waals surface area contributed by atoms with Gasteiger partial charge in [-0.25, -0.2) is 0 Å². The smallest absolute Gasteiger partial charge is 0.313 e. The highest BCUT2D eigenvalue weighted by atomic mass is 16.5. The zero-order valence-corrected chi connectivity index (χ0v) is 13.1. The van der Waals surface area contributed by atoms with E-state index in [-0.39, 0.29) is 25.0 Å². The Morgan fingerprint density at radius 2 is 1.96 bits per heavy atom. The van der Waals surface area contributed by atoms with Gasteiger partial charge < -0.3 is 14.4 Å². The molecule has 23 heavy (non-hydrogen) atoms. The third-order valence-corrected chi connectivity index (χ3v) is 3.60. The van der Waals surface area contributed by atoms with Crippen molar-refractivity contribution in [1.82, 2.24) is 4.90 Å². The van der Waals surface area contributed by atoms with Crippen LogP contribution in [0.25, 0.3) is 0 Å². The van der Waals surface area contributed by atoms with Crippen molar-refractivity contribution in [3.63, 3.8) is 0 Å². The van der Waals surface area contributed by atoms with Crippen LogP contribution in [0.1, 0.15) is 5.56 Å². The molecular weight excluding hydrogens is 294 g/mol. The molecule has 0 saturated carbocycles. The van der Waals surface area contributed by atoms with Crippen LogP contribution in [-0.4, -0.2) is 43.1 Å². The fourth-order valence-electron chi connectivity index (χ4n) is 2.41. The van der Waals surface area contributed by atoms with Gasteiger partial charge in [0.1, 0.15) is 12.4 Å². The minimum atomic E-state index is -0.412. The average molecular weight is 315 g/mol. The van der Waals surface area contributed by atoms with Gasteiger partial charge >= 0.3 is 5.97 Å². The first-order valence-corrected chi connectivity index (χ1v) is 7.52. The minimum absolute atomic E-state index is 0.268. The Labute approximate surface area is 136 Å². The van der Waals surface area contributed by atoms with Crippen molar-refractivity contribution in [1.29, 1.82) is 0 Å². The Kier molecular flexibility index (Phi) is 5.97. The number of fused-ring (bicyclic) bond motifs is 1. The molecule has 5 heteroatoms. The molecule has 2 rings (SSSR count). The lowest BCUT2D eigenvalue weighted by atomic mass is 9.97. The number of ether oxygens (including phenoxy) is 2. The van der Waals surface area contributed by atoms with E-state index >= 15 is 0 Å². The monoisotopic (exact) mass is 315 g/mol. The summed E-state index contributed by atoms with van der Waals surface area (Å²) in [4.78, 5) is 25.7. The lowest BCUT2D eigenvalue weighted by Gasteiger charge is -2.24. The highest BCUT2D eigenvalue weighted by Gasteiger charge is 2.27. The molecule has 0 bridgehead atoms. The van der Waals surface area contributed by atoms with Gasteiger partial charge in [-0.3, -0.25) is 9.59 Å². The Balaban J connectivity index is 1.86. The first-order chi connectivity index (χ1) is 11.2. The van der Waals surface area contributed by atoms with Gasteiger partial charge in [0.2, 0.25) is 0 Å². The summed E-state index contributed by atoms with van der Waals surface area (Å²) < 4.78 is 10.7. The number of amides is 1. The van der Waals surface area contributed by atoms with Gasteiger partial charge in [-0.15, -0.1) is 13.2 Å². The number of esters is 1. The van der Waals surface area contributed by atoms with Crippen molar-refractivity contribution in [3.8, 4) is 5.75 Å². The summed E-state index contributed by atoms with van der Waals surface area (Å²) >= 11 is 0. The van der Waals surface area contributed by atoms with Gasteiger partial charge in [0, 0.05) is 13.1 Å². The van der Waals surface area contributed by atoms with E-state index in [9.17, 15) is 9.59 Å². The largest absolute Gasteiger partial charge is 0.492 e. The van der Waals surface area contributed by atoms with Crippen molar-refractivity contribution in [2.24, 2.45) is 5.92 Å². The third kappa shape index (κ3) is 4.45. The van der Waals surface area contributed by atoms with Crippen molar-refractivity contribution >= 4 is 11.9 Å². The van der Waals surface area contributed by atoms with Crippen LogP contribution in [0.4, 0.5) is 0 Å². The minimum Gasteiger partial charge on any atom is -0.492 e. The van der Waals surface area contributed by atoms with Crippen LogP contribution in [0.5, 0.6) is 5.75 Å². The second-order valence-corrected chi connectivity index (χ2v) is 5.30. The lowest BCUT2D eigenvalue weighted by Crippen LogP contribution is -2.37. The van der Waals surface area contributed by atoms with Gasteiger partial charge in [0.05, 0.1) is 5.92 Å². The van der Waals surface area contributed by atoms with Crippen LogP contribution in [0, 0.1) is 5.92 Å². The summed E-state index contributed by atoms with van der Waals surface area (Å²) in [5.74, 6) is -0.263. The highest BCUT2D eigenvalue weighted by molar-refractivity contribution is 5.82. The summed E-state index contributed by atoms with van der Waals surface area (Å²) in [5, 5.41) is 0. The maximum absolute atomic E-state index is 12.1. The van der Waals surface area contributed by atoms with Crippen LogP contribution in [0.3, 0.4) is 0 Å². The van der Waals surface area contributed by atoms with Crippen molar-refractivity contribution < 1.29 is 19.1 Å². The second-order valence-electron chi connectivity index (χ2n) is 5.30. The number of carbonyl (C=O) groups is 2. The predicted molar refractivity (Wildman–Crippen MR) is 87.1 cm³/mol. The predicted octanol–water partition coefficient (Wildman–Crippen LogP) is 1.98. The molecule has 0 N–H and O–H groups in total. The van der Waals surface area contributed by atoms with E-state index in [1.165, 1.54) is 4.90 Å². The number of benzene rings is 1. The molecule has 0 spiro atoms. The normalized spacial score (nSPS) is 15.7. The summed E-state index contributed by atoms with van der Waals surface area (Å²) in [7, 11) is 0. The number of nitrogens with zero attached hydrogens (tertiary/aromatic N) is 1. The maximum atomic E-state index is 12.1. The second kappa shape index (κ2) is 8.17. The Morgan fingerprint density at radius 3 is 2.65 bits per heavy atom. The van der Waals surface area contributed by atoms with E-state index in [1.54, 1.807) is 12.2 Å². The quantitative estimate of drug-likeness (QED) is 0.570. The van der Waals surface area contributed by atoms with E-state index in [2.05, 4.69) is 13.2 Å². The summed E-state index contributed by atoms with van der Waals surface area (Å²) in [6.45, 7) is 7.98. The molecule has 1 aromatic carbocycles. The van der Waals surface area contributed by atoms with Crippen LogP contribution < -0.4 is 4.74 Å². The Morgan fingerprint density at radius 1 is 1.26 bits per heavy atom.